The fourth-order valence-corrected chi connectivity index (χ4v) is 4.03. The molecule has 7 heteroatoms. The second-order valence-corrected chi connectivity index (χ2v) is 9.60. The molecule has 0 radical (unpaired) electrons. The maximum atomic E-state index is 12.1. The van der Waals surface area contributed by atoms with E-state index in [-0.39, 0.29) is 18.3 Å². The van der Waals surface area contributed by atoms with Crippen molar-refractivity contribution in [2.45, 2.75) is 108 Å². The lowest BCUT2D eigenvalue weighted by Crippen LogP contribution is -2.10. The average molecular weight is 521 g/mol. The summed E-state index contributed by atoms with van der Waals surface area (Å²) in [4.78, 5) is 19.9. The van der Waals surface area contributed by atoms with Crippen LogP contribution >= 0.6 is 15.9 Å². The molecule has 0 N–H and O–H groups in total. The Hall–Kier alpha value is -1.94. The Labute approximate surface area is 206 Å². The van der Waals surface area contributed by atoms with Gasteiger partial charge in [-0.1, -0.05) is 106 Å². The molecule has 182 valence electrons. The van der Waals surface area contributed by atoms with E-state index in [9.17, 15) is 4.79 Å². The third-order valence-corrected chi connectivity index (χ3v) is 6.36. The highest BCUT2D eigenvalue weighted by Gasteiger charge is 2.15. The van der Waals surface area contributed by atoms with Gasteiger partial charge in [-0.05, 0) is 6.42 Å². The van der Waals surface area contributed by atoms with E-state index in [1.54, 1.807) is 12.3 Å². The van der Waals surface area contributed by atoms with Crippen LogP contribution in [0.2, 0.25) is 0 Å². The van der Waals surface area contributed by atoms with Gasteiger partial charge in [-0.3, -0.25) is 9.78 Å². The van der Waals surface area contributed by atoms with Crippen LogP contribution < -0.4 is 0 Å². The van der Waals surface area contributed by atoms with Crippen LogP contribution in [0.4, 0.5) is 0 Å². The number of hydrogen-bond donors (Lipinski definition) is 0. The zero-order valence-electron chi connectivity index (χ0n) is 20.0. The van der Waals surface area contributed by atoms with Crippen LogP contribution in [-0.4, -0.2) is 22.5 Å². The van der Waals surface area contributed by atoms with Gasteiger partial charge in [-0.2, -0.15) is 5.26 Å². The van der Waals surface area contributed by atoms with Crippen LogP contribution in [0.5, 0.6) is 0 Å². The Balaban J connectivity index is 1.47. The Kier molecular flexibility index (Phi) is 13.8. The van der Waals surface area contributed by atoms with E-state index in [4.69, 9.17) is 14.4 Å². The molecule has 0 aliphatic carbocycles. The van der Waals surface area contributed by atoms with Crippen LogP contribution in [0.1, 0.15) is 113 Å². The number of fused-ring (bicyclic) bond motifs is 1. The molecule has 0 fully saturated rings. The number of carbonyl (C=O) groups is 1. The van der Waals surface area contributed by atoms with Gasteiger partial charge in [0.05, 0.1) is 31.0 Å². The molecule has 0 saturated heterocycles. The van der Waals surface area contributed by atoms with Crippen LogP contribution in [0.25, 0.3) is 11.1 Å². The van der Waals surface area contributed by atoms with Crippen molar-refractivity contribution in [2.75, 3.05) is 6.61 Å². The van der Waals surface area contributed by atoms with Crippen molar-refractivity contribution in [1.82, 2.24) is 9.97 Å². The zero-order valence-corrected chi connectivity index (χ0v) is 21.6. The number of rotatable bonds is 18. The normalized spacial score (nSPS) is 12.0. The SMILES string of the molecule is CCCCCCCCCCCCCCCCOC(=O)Cc1cc2oc(C(Br)C#N)nc2cn1. The highest BCUT2D eigenvalue weighted by Crippen LogP contribution is 2.25. The van der Waals surface area contributed by atoms with E-state index in [1.807, 2.05) is 6.07 Å². The molecule has 1 unspecified atom stereocenters. The Morgan fingerprint density at radius 2 is 1.61 bits per heavy atom. The van der Waals surface area contributed by atoms with Gasteiger partial charge in [0, 0.05) is 6.07 Å². The first-order valence-corrected chi connectivity index (χ1v) is 13.5. The molecule has 0 aliphatic heterocycles. The summed E-state index contributed by atoms with van der Waals surface area (Å²) in [6.45, 7) is 2.72. The lowest BCUT2D eigenvalue weighted by molar-refractivity contribution is -0.143. The number of alkyl halides is 1. The zero-order chi connectivity index (χ0) is 23.7. The maximum absolute atomic E-state index is 12.1. The van der Waals surface area contributed by atoms with Crippen molar-refractivity contribution >= 4 is 33.0 Å². The summed E-state index contributed by atoms with van der Waals surface area (Å²) in [5, 5.41) is 8.94. The standard InChI is InChI=1S/C26H38BrN3O3/c1-2-3-4-5-6-7-8-9-10-11-12-13-14-15-16-32-25(31)18-21-17-24-23(20-29-21)30-26(33-24)22(27)19-28/h17,20,22H,2-16,18H2,1H3. The van der Waals surface area contributed by atoms with Gasteiger partial charge in [-0.15, -0.1) is 0 Å². The lowest BCUT2D eigenvalue weighted by atomic mass is 10.0. The van der Waals surface area contributed by atoms with Gasteiger partial charge in [-0.25, -0.2) is 4.98 Å². The molecule has 0 aliphatic rings. The predicted octanol–water partition coefficient (Wildman–Crippen LogP) is 7.75. The smallest absolute Gasteiger partial charge is 0.311 e. The van der Waals surface area contributed by atoms with Crippen molar-refractivity contribution in [1.29, 1.82) is 5.26 Å². The molecule has 0 aromatic carbocycles. The summed E-state index contributed by atoms with van der Waals surface area (Å²) in [7, 11) is 0. The quantitative estimate of drug-likeness (QED) is 0.113. The number of nitriles is 1. The first-order chi connectivity index (χ1) is 16.1. The molecule has 2 heterocycles. The van der Waals surface area contributed by atoms with Crippen LogP contribution in [0.15, 0.2) is 16.7 Å². The number of pyridine rings is 1. The monoisotopic (exact) mass is 519 g/mol. The fourth-order valence-electron chi connectivity index (χ4n) is 3.83. The first kappa shape index (κ1) is 27.3. The molecule has 0 bridgehead atoms. The van der Waals surface area contributed by atoms with Crippen LogP contribution in [-0.2, 0) is 16.0 Å². The van der Waals surface area contributed by atoms with Gasteiger partial charge in [0.25, 0.3) is 0 Å². The number of oxazole rings is 1. The van der Waals surface area contributed by atoms with Crippen molar-refractivity contribution in [3.63, 3.8) is 0 Å². The molecule has 0 saturated carbocycles. The summed E-state index contributed by atoms with van der Waals surface area (Å²) >= 11 is 3.19. The molecule has 0 amide bonds. The van der Waals surface area contributed by atoms with Crippen LogP contribution in [0, 0.1) is 11.3 Å². The fraction of sp³-hybridized carbons (Fsp3) is 0.692. The van der Waals surface area contributed by atoms with E-state index < -0.39 is 4.83 Å². The minimum Gasteiger partial charge on any atom is -0.465 e. The number of esters is 1. The molecule has 1 atom stereocenters. The summed E-state index contributed by atoms with van der Waals surface area (Å²) in [5.74, 6) is -0.00138. The molecule has 2 aromatic heterocycles. The molecule has 0 spiro atoms. The van der Waals surface area contributed by atoms with Gasteiger partial charge in [0.1, 0.15) is 5.52 Å². The number of ether oxygens (including phenoxy) is 1. The van der Waals surface area contributed by atoms with Gasteiger partial charge >= 0.3 is 5.97 Å². The number of hydrogen-bond acceptors (Lipinski definition) is 6. The maximum Gasteiger partial charge on any atom is 0.311 e. The van der Waals surface area contributed by atoms with Gasteiger partial charge in [0.15, 0.2) is 10.4 Å². The highest BCUT2D eigenvalue weighted by molar-refractivity contribution is 9.09. The predicted molar refractivity (Wildman–Crippen MR) is 134 cm³/mol. The number of aromatic nitrogens is 2. The Morgan fingerprint density at radius 3 is 2.18 bits per heavy atom. The largest absolute Gasteiger partial charge is 0.465 e. The minimum atomic E-state index is -0.608. The van der Waals surface area contributed by atoms with E-state index >= 15 is 0 Å². The second-order valence-electron chi connectivity index (χ2n) is 8.68. The van der Waals surface area contributed by atoms with Crippen LogP contribution in [0.3, 0.4) is 0 Å². The number of unbranched alkanes of at least 4 members (excludes halogenated alkanes) is 13. The summed E-state index contributed by atoms with van der Waals surface area (Å²) in [6, 6.07) is 3.69. The Morgan fingerprint density at radius 1 is 1.03 bits per heavy atom. The topological polar surface area (TPSA) is 89.0 Å². The van der Waals surface area contributed by atoms with Crippen molar-refractivity contribution in [2.24, 2.45) is 0 Å². The number of carbonyl (C=O) groups excluding carboxylic acids is 1. The average Bonchev–Trinajstić information content (AvgIpc) is 3.24. The summed E-state index contributed by atoms with van der Waals surface area (Å²) in [5.41, 5.74) is 1.64. The Bertz CT molecular complexity index is 862. The first-order valence-electron chi connectivity index (χ1n) is 12.6. The molecule has 6 nitrogen and oxygen atoms in total. The third kappa shape index (κ3) is 11.2. The highest BCUT2D eigenvalue weighted by atomic mass is 79.9. The molecule has 2 aromatic rings. The van der Waals surface area contributed by atoms with E-state index in [1.165, 1.54) is 77.0 Å². The van der Waals surface area contributed by atoms with E-state index in [2.05, 4.69) is 32.8 Å². The van der Waals surface area contributed by atoms with Gasteiger partial charge in [0.2, 0.25) is 5.89 Å². The van der Waals surface area contributed by atoms with Crippen molar-refractivity contribution in [3.05, 3.63) is 23.8 Å². The molecular weight excluding hydrogens is 482 g/mol. The van der Waals surface area contributed by atoms with E-state index in [0.29, 0.717) is 23.4 Å². The minimum absolute atomic E-state index is 0.0978. The van der Waals surface area contributed by atoms with Crippen molar-refractivity contribution < 1.29 is 13.9 Å². The second kappa shape index (κ2) is 16.6. The number of nitrogens with zero attached hydrogens (tertiary/aromatic N) is 3. The third-order valence-electron chi connectivity index (χ3n) is 5.76. The summed E-state index contributed by atoms with van der Waals surface area (Å²) < 4.78 is 10.9. The molecular formula is C26H38BrN3O3. The molecule has 33 heavy (non-hydrogen) atoms. The summed E-state index contributed by atoms with van der Waals surface area (Å²) in [6.07, 6.45) is 19.9. The van der Waals surface area contributed by atoms with E-state index in [0.717, 1.165) is 12.8 Å². The molecule has 2 rings (SSSR count). The number of halogens is 1. The van der Waals surface area contributed by atoms with Gasteiger partial charge < -0.3 is 9.15 Å². The lowest BCUT2D eigenvalue weighted by Gasteiger charge is -2.05. The van der Waals surface area contributed by atoms with Crippen molar-refractivity contribution in [3.8, 4) is 6.07 Å².